The molecule has 2 N–H and O–H groups in total. The highest BCUT2D eigenvalue weighted by molar-refractivity contribution is 6.09. The maximum absolute atomic E-state index is 11.5. The van der Waals surface area contributed by atoms with Crippen molar-refractivity contribution in [3.8, 4) is 5.69 Å². The number of nitrogens with two attached hydrogens (primary N) is 1. The normalized spacial score (nSPS) is 10.9. The van der Waals surface area contributed by atoms with Crippen LogP contribution in [0.25, 0.3) is 16.6 Å². The van der Waals surface area contributed by atoms with Gasteiger partial charge in [0.05, 0.1) is 22.4 Å². The number of nitro benzene ring substituents is 1. The molecule has 0 fully saturated rings. The number of para-hydroxylation sites is 3. The number of nitro groups is 1. The summed E-state index contributed by atoms with van der Waals surface area (Å²) in [4.78, 5) is 11.2. The van der Waals surface area contributed by atoms with E-state index in [2.05, 4.69) is 19.1 Å². The van der Waals surface area contributed by atoms with E-state index in [-0.39, 0.29) is 10.6 Å². The molecule has 1 aromatic heterocycles. The smallest absolute Gasteiger partial charge is 0.293 e. The molecule has 0 radical (unpaired) electrons. The second-order valence-corrected chi connectivity index (χ2v) is 6.80. The maximum atomic E-state index is 11.5. The molecule has 28 heavy (non-hydrogen) atoms. The first kappa shape index (κ1) is 17.7. The van der Waals surface area contributed by atoms with Crippen LogP contribution < -0.4 is 5.41 Å². The van der Waals surface area contributed by atoms with Gasteiger partial charge in [-0.25, -0.2) is 0 Å². The van der Waals surface area contributed by atoms with E-state index in [9.17, 15) is 10.1 Å². The molecule has 0 unspecified atom stereocenters. The third-order valence-corrected chi connectivity index (χ3v) is 5.04. The van der Waals surface area contributed by atoms with Crippen molar-refractivity contribution in [3.05, 3.63) is 106 Å². The summed E-state index contributed by atoms with van der Waals surface area (Å²) in [6, 6.07) is 22.7. The van der Waals surface area contributed by atoms with Crippen LogP contribution in [0.15, 0.2) is 79.0 Å². The van der Waals surface area contributed by atoms with E-state index in [1.165, 1.54) is 17.2 Å². The molecule has 5 nitrogen and oxygen atoms in total. The summed E-state index contributed by atoms with van der Waals surface area (Å²) in [6.45, 7) is 2.07. The summed E-state index contributed by atoms with van der Waals surface area (Å²) < 4.78 is 1.85. The van der Waals surface area contributed by atoms with E-state index in [1.807, 2.05) is 47.2 Å². The number of benzene rings is 3. The van der Waals surface area contributed by atoms with Gasteiger partial charge in [-0.1, -0.05) is 54.6 Å². The van der Waals surface area contributed by atoms with Crippen LogP contribution in [-0.4, -0.2) is 15.2 Å². The van der Waals surface area contributed by atoms with E-state index < -0.39 is 0 Å². The predicted octanol–water partition coefficient (Wildman–Crippen LogP) is 3.64. The molecule has 0 aliphatic carbocycles. The lowest BCUT2D eigenvalue weighted by molar-refractivity contribution is -0.384. The van der Waals surface area contributed by atoms with Crippen LogP contribution in [0.3, 0.4) is 0 Å². The van der Waals surface area contributed by atoms with E-state index in [0.717, 1.165) is 22.2 Å². The second kappa shape index (κ2) is 7.12. The zero-order valence-corrected chi connectivity index (χ0v) is 15.5. The summed E-state index contributed by atoms with van der Waals surface area (Å²) in [5, 5.41) is 19.0. The molecule has 3 aromatic carbocycles. The van der Waals surface area contributed by atoms with Crippen molar-refractivity contribution >= 4 is 22.3 Å². The second-order valence-electron chi connectivity index (χ2n) is 6.80. The van der Waals surface area contributed by atoms with Crippen molar-refractivity contribution < 1.29 is 10.3 Å². The number of rotatable bonds is 5. The minimum absolute atomic E-state index is 0.0623. The van der Waals surface area contributed by atoms with Gasteiger partial charge in [0.25, 0.3) is 5.69 Å². The molecule has 0 saturated heterocycles. The van der Waals surface area contributed by atoms with Crippen molar-refractivity contribution in [1.29, 1.82) is 0 Å². The lowest BCUT2D eigenvalue weighted by Gasteiger charge is -2.05. The van der Waals surface area contributed by atoms with Gasteiger partial charge in [0.15, 0.2) is 5.71 Å². The average Bonchev–Trinajstić information content (AvgIpc) is 3.09. The Bertz CT molecular complexity index is 1210. The van der Waals surface area contributed by atoms with Crippen LogP contribution in [0.1, 0.15) is 16.7 Å². The minimum atomic E-state index is -0.357. The lowest BCUT2D eigenvalue weighted by atomic mass is 9.99. The summed E-state index contributed by atoms with van der Waals surface area (Å²) in [5.41, 5.74) is 5.47. The molecule has 0 aliphatic heterocycles. The summed E-state index contributed by atoms with van der Waals surface area (Å²) in [7, 11) is 0. The van der Waals surface area contributed by atoms with Gasteiger partial charge in [-0.15, -0.1) is 0 Å². The maximum Gasteiger partial charge on any atom is 0.293 e. The Morgan fingerprint density at radius 3 is 2.46 bits per heavy atom. The van der Waals surface area contributed by atoms with E-state index in [1.54, 1.807) is 18.2 Å². The molecule has 0 aliphatic rings. The van der Waals surface area contributed by atoms with Crippen LogP contribution in [0.5, 0.6) is 0 Å². The zero-order chi connectivity index (χ0) is 19.7. The topological polar surface area (TPSA) is 73.7 Å². The summed E-state index contributed by atoms with van der Waals surface area (Å²) in [5.74, 6) is 0. The fourth-order valence-corrected chi connectivity index (χ4v) is 3.57. The Morgan fingerprint density at radius 2 is 1.68 bits per heavy atom. The number of nitrogens with zero attached hydrogens (tertiary/aromatic N) is 2. The molecule has 138 valence electrons. The molecule has 0 saturated carbocycles. The fourth-order valence-electron chi connectivity index (χ4n) is 3.57. The van der Waals surface area contributed by atoms with Gasteiger partial charge in [0.2, 0.25) is 0 Å². The van der Waals surface area contributed by atoms with Crippen molar-refractivity contribution in [2.75, 3.05) is 0 Å². The fraction of sp³-hybridized carbons (Fsp3) is 0.0870. The van der Waals surface area contributed by atoms with Crippen molar-refractivity contribution in [2.45, 2.75) is 13.3 Å². The quantitative estimate of drug-likeness (QED) is 0.331. The predicted molar refractivity (Wildman–Crippen MR) is 111 cm³/mol. The average molecular weight is 370 g/mol. The molecule has 0 amide bonds. The largest absolute Gasteiger partial charge is 0.310 e. The summed E-state index contributed by atoms with van der Waals surface area (Å²) in [6.07, 6.45) is 2.53. The molecule has 5 heteroatoms. The lowest BCUT2D eigenvalue weighted by Crippen LogP contribution is -2.41. The van der Waals surface area contributed by atoms with Gasteiger partial charge < -0.3 is 4.57 Å². The SMILES string of the molecule is Cc1ccccc1CC(=[NH2+])c1cn(-c2ccccc2[N+](=O)[O-])c2ccccc12. The minimum Gasteiger partial charge on any atom is -0.310 e. The number of aryl methyl sites for hydroxylation is 1. The zero-order valence-electron chi connectivity index (χ0n) is 15.5. The van der Waals surface area contributed by atoms with Gasteiger partial charge in [0, 0.05) is 17.6 Å². The van der Waals surface area contributed by atoms with Crippen LogP contribution in [0.4, 0.5) is 5.69 Å². The number of hydrogen-bond donors (Lipinski definition) is 1. The molecular weight excluding hydrogens is 350 g/mol. The molecule has 1 heterocycles. The van der Waals surface area contributed by atoms with Crippen LogP contribution in [0.2, 0.25) is 0 Å². The van der Waals surface area contributed by atoms with Gasteiger partial charge in [-0.3, -0.25) is 15.5 Å². The Hall–Kier alpha value is -3.73. The van der Waals surface area contributed by atoms with Crippen LogP contribution in [0, 0.1) is 17.0 Å². The Balaban J connectivity index is 1.85. The van der Waals surface area contributed by atoms with E-state index in [4.69, 9.17) is 5.41 Å². The number of fused-ring (bicyclic) bond motifs is 1. The van der Waals surface area contributed by atoms with Gasteiger partial charge in [-0.05, 0) is 30.2 Å². The molecular formula is C23H20N3O2+. The van der Waals surface area contributed by atoms with Crippen molar-refractivity contribution in [3.63, 3.8) is 0 Å². The first-order chi connectivity index (χ1) is 13.6. The van der Waals surface area contributed by atoms with Crippen LogP contribution in [-0.2, 0) is 6.42 Å². The van der Waals surface area contributed by atoms with Crippen molar-refractivity contribution in [1.82, 2.24) is 4.57 Å². The van der Waals surface area contributed by atoms with E-state index in [0.29, 0.717) is 12.1 Å². The molecule has 4 aromatic rings. The van der Waals surface area contributed by atoms with Gasteiger partial charge in [0.1, 0.15) is 5.69 Å². The Morgan fingerprint density at radius 1 is 1.00 bits per heavy atom. The van der Waals surface area contributed by atoms with Gasteiger partial charge in [-0.2, -0.15) is 0 Å². The van der Waals surface area contributed by atoms with Crippen LogP contribution >= 0.6 is 0 Å². The first-order valence-electron chi connectivity index (χ1n) is 9.06. The highest BCUT2D eigenvalue weighted by Gasteiger charge is 2.21. The highest BCUT2D eigenvalue weighted by Crippen LogP contribution is 2.30. The Labute approximate surface area is 162 Å². The third kappa shape index (κ3) is 3.07. The third-order valence-electron chi connectivity index (χ3n) is 5.04. The van der Waals surface area contributed by atoms with Crippen molar-refractivity contribution in [2.24, 2.45) is 0 Å². The first-order valence-corrected chi connectivity index (χ1v) is 9.06. The summed E-state index contributed by atoms with van der Waals surface area (Å²) >= 11 is 0. The molecule has 0 spiro atoms. The molecule has 4 rings (SSSR count). The number of aromatic nitrogens is 1. The Kier molecular flexibility index (Phi) is 4.49. The standard InChI is InChI=1S/C23H19N3O2/c1-16-8-2-3-9-17(16)14-20(24)19-15-25(21-11-5-4-10-18(19)21)22-12-6-7-13-23(22)26(27)28/h2-13,15,24H,14H2,1H3/p+1. The number of hydrogen-bond acceptors (Lipinski definition) is 2. The monoisotopic (exact) mass is 370 g/mol. The van der Waals surface area contributed by atoms with E-state index >= 15 is 0 Å². The molecule has 0 bridgehead atoms. The highest BCUT2D eigenvalue weighted by atomic mass is 16.6. The van der Waals surface area contributed by atoms with Gasteiger partial charge >= 0.3 is 0 Å². The molecule has 0 atom stereocenters.